The minimum atomic E-state index is -3.55. The van der Waals surface area contributed by atoms with Gasteiger partial charge in [0.2, 0.25) is 10.0 Å². The molecule has 1 aliphatic rings. The van der Waals surface area contributed by atoms with Gasteiger partial charge in [0, 0.05) is 24.7 Å². The number of halogens is 1. The number of benzene rings is 2. The maximum atomic E-state index is 13.6. The van der Waals surface area contributed by atoms with E-state index in [2.05, 4.69) is 5.32 Å². The molecule has 1 saturated heterocycles. The smallest absolute Gasteiger partial charge is 0.251 e. The van der Waals surface area contributed by atoms with E-state index in [1.165, 1.54) is 30.3 Å². The first-order valence-corrected chi connectivity index (χ1v) is 11.0. The molecule has 7 heteroatoms. The molecule has 2 aromatic carbocycles. The number of sulfonamides is 1. The molecule has 1 fully saturated rings. The van der Waals surface area contributed by atoms with E-state index in [1.54, 1.807) is 22.5 Å². The zero-order chi connectivity index (χ0) is 20.1. The van der Waals surface area contributed by atoms with Crippen LogP contribution in [-0.4, -0.2) is 37.8 Å². The number of hydrogen-bond acceptors (Lipinski definition) is 3. The summed E-state index contributed by atoms with van der Waals surface area (Å²) in [5.41, 5.74) is 0.916. The largest absolute Gasteiger partial charge is 0.352 e. The second kappa shape index (κ2) is 8.84. The summed E-state index contributed by atoms with van der Waals surface area (Å²) >= 11 is 0. The molecule has 5 nitrogen and oxygen atoms in total. The van der Waals surface area contributed by atoms with Crippen LogP contribution in [0.2, 0.25) is 0 Å². The van der Waals surface area contributed by atoms with Crippen molar-refractivity contribution in [3.05, 3.63) is 65.5 Å². The summed E-state index contributed by atoms with van der Waals surface area (Å²) < 4.78 is 40.8. The Labute approximate surface area is 165 Å². The molecule has 0 bridgehead atoms. The molecule has 1 aliphatic heterocycles. The maximum Gasteiger partial charge on any atom is 0.251 e. The number of amides is 1. The standard InChI is InChI=1S/C21H25FN2O3S/c1-16-6-4-5-15-24(16)28(26,27)19-11-9-18(10-12-19)21(25)23-14-13-17-7-2-3-8-20(17)22/h2-3,7-12,16H,4-6,13-15H2,1H3,(H,23,25). The van der Waals surface area contributed by atoms with E-state index < -0.39 is 10.0 Å². The van der Waals surface area contributed by atoms with Gasteiger partial charge in [0.1, 0.15) is 5.82 Å². The molecule has 0 spiro atoms. The van der Waals surface area contributed by atoms with Crippen molar-refractivity contribution in [2.45, 2.75) is 43.5 Å². The highest BCUT2D eigenvalue weighted by atomic mass is 32.2. The highest BCUT2D eigenvalue weighted by Crippen LogP contribution is 2.25. The lowest BCUT2D eigenvalue weighted by molar-refractivity contribution is 0.0954. The monoisotopic (exact) mass is 404 g/mol. The lowest BCUT2D eigenvalue weighted by Gasteiger charge is -2.32. The molecule has 1 unspecified atom stereocenters. The molecular formula is C21H25FN2O3S. The number of carbonyl (C=O) groups is 1. The maximum absolute atomic E-state index is 13.6. The molecule has 0 saturated carbocycles. The third-order valence-electron chi connectivity index (χ3n) is 5.10. The SMILES string of the molecule is CC1CCCCN1S(=O)(=O)c1ccc(C(=O)NCCc2ccccc2F)cc1. The lowest BCUT2D eigenvalue weighted by Crippen LogP contribution is -2.41. The van der Waals surface area contributed by atoms with Gasteiger partial charge in [-0.2, -0.15) is 4.31 Å². The van der Waals surface area contributed by atoms with Crippen molar-refractivity contribution in [2.75, 3.05) is 13.1 Å². The normalized spacial score (nSPS) is 18.0. The molecule has 0 radical (unpaired) electrons. The first-order valence-electron chi connectivity index (χ1n) is 9.53. The van der Waals surface area contributed by atoms with Crippen LogP contribution in [0.3, 0.4) is 0 Å². The van der Waals surface area contributed by atoms with Crippen LogP contribution in [0.5, 0.6) is 0 Å². The van der Waals surface area contributed by atoms with E-state index in [1.807, 2.05) is 6.92 Å². The molecule has 1 amide bonds. The van der Waals surface area contributed by atoms with Crippen molar-refractivity contribution in [3.8, 4) is 0 Å². The molecular weight excluding hydrogens is 379 g/mol. The first-order chi connectivity index (χ1) is 13.4. The Balaban J connectivity index is 1.62. The number of carbonyl (C=O) groups excluding carboxylic acids is 1. The molecule has 1 atom stereocenters. The molecule has 3 rings (SSSR count). The van der Waals surface area contributed by atoms with Crippen molar-refractivity contribution in [3.63, 3.8) is 0 Å². The van der Waals surface area contributed by atoms with Gasteiger partial charge in [0.15, 0.2) is 0 Å². The summed E-state index contributed by atoms with van der Waals surface area (Å²) in [5.74, 6) is -0.607. The van der Waals surface area contributed by atoms with Crippen LogP contribution in [0.25, 0.3) is 0 Å². The highest BCUT2D eigenvalue weighted by Gasteiger charge is 2.30. The number of rotatable bonds is 6. The van der Waals surface area contributed by atoms with E-state index in [4.69, 9.17) is 0 Å². The van der Waals surface area contributed by atoms with Gasteiger partial charge < -0.3 is 5.32 Å². The third kappa shape index (κ3) is 4.59. The predicted octanol–water partition coefficient (Wildman–Crippen LogP) is 3.36. The van der Waals surface area contributed by atoms with Crippen LogP contribution in [0.15, 0.2) is 53.4 Å². The molecule has 1 heterocycles. The predicted molar refractivity (Wildman–Crippen MR) is 106 cm³/mol. The molecule has 0 aliphatic carbocycles. The second-order valence-corrected chi connectivity index (χ2v) is 8.97. The van der Waals surface area contributed by atoms with Gasteiger partial charge in [0.25, 0.3) is 5.91 Å². The third-order valence-corrected chi connectivity index (χ3v) is 7.13. The second-order valence-electron chi connectivity index (χ2n) is 7.08. The van der Waals surface area contributed by atoms with Crippen LogP contribution in [-0.2, 0) is 16.4 Å². The number of piperidine rings is 1. The van der Waals surface area contributed by atoms with E-state index >= 15 is 0 Å². The van der Waals surface area contributed by atoms with Crippen LogP contribution in [0, 0.1) is 5.82 Å². The van der Waals surface area contributed by atoms with Crippen LogP contribution >= 0.6 is 0 Å². The zero-order valence-electron chi connectivity index (χ0n) is 15.9. The van der Waals surface area contributed by atoms with Crippen molar-refractivity contribution in [2.24, 2.45) is 0 Å². The van der Waals surface area contributed by atoms with Gasteiger partial charge in [-0.05, 0) is 62.1 Å². The molecule has 0 aromatic heterocycles. The van der Waals surface area contributed by atoms with Crippen LogP contribution in [0.1, 0.15) is 42.1 Å². The average molecular weight is 405 g/mol. The van der Waals surface area contributed by atoms with Crippen molar-refractivity contribution >= 4 is 15.9 Å². The van der Waals surface area contributed by atoms with E-state index in [-0.39, 0.29) is 22.7 Å². The Hall–Kier alpha value is -2.25. The zero-order valence-corrected chi connectivity index (χ0v) is 16.7. The average Bonchev–Trinajstić information content (AvgIpc) is 2.69. The number of nitrogens with one attached hydrogen (secondary N) is 1. The topological polar surface area (TPSA) is 66.5 Å². The van der Waals surface area contributed by atoms with Crippen molar-refractivity contribution in [1.29, 1.82) is 0 Å². The molecule has 28 heavy (non-hydrogen) atoms. The van der Waals surface area contributed by atoms with Crippen LogP contribution < -0.4 is 5.32 Å². The quantitative estimate of drug-likeness (QED) is 0.803. The number of hydrogen-bond donors (Lipinski definition) is 1. The lowest BCUT2D eigenvalue weighted by atomic mass is 10.1. The Morgan fingerprint density at radius 3 is 2.54 bits per heavy atom. The highest BCUT2D eigenvalue weighted by molar-refractivity contribution is 7.89. The van der Waals surface area contributed by atoms with Gasteiger partial charge in [-0.15, -0.1) is 0 Å². The molecule has 2 aromatic rings. The Morgan fingerprint density at radius 2 is 1.86 bits per heavy atom. The summed E-state index contributed by atoms with van der Waals surface area (Å²) in [4.78, 5) is 12.5. The van der Waals surface area contributed by atoms with Crippen molar-refractivity contribution in [1.82, 2.24) is 9.62 Å². The minimum Gasteiger partial charge on any atom is -0.352 e. The fourth-order valence-corrected chi connectivity index (χ4v) is 5.16. The molecule has 1 N–H and O–H groups in total. The van der Waals surface area contributed by atoms with Gasteiger partial charge in [0.05, 0.1) is 4.90 Å². The summed E-state index contributed by atoms with van der Waals surface area (Å²) in [5, 5.41) is 2.74. The first kappa shape index (κ1) is 20.5. The summed E-state index contributed by atoms with van der Waals surface area (Å²) in [6, 6.07) is 12.4. The van der Waals surface area contributed by atoms with Gasteiger partial charge in [-0.3, -0.25) is 4.79 Å². The minimum absolute atomic E-state index is 0.0138. The summed E-state index contributed by atoms with van der Waals surface area (Å²) in [6.45, 7) is 2.75. The van der Waals surface area contributed by atoms with E-state index in [0.717, 1.165) is 19.3 Å². The van der Waals surface area contributed by atoms with Gasteiger partial charge >= 0.3 is 0 Å². The Bertz CT molecular complexity index is 929. The van der Waals surface area contributed by atoms with Gasteiger partial charge in [-0.25, -0.2) is 12.8 Å². The van der Waals surface area contributed by atoms with E-state index in [0.29, 0.717) is 30.6 Å². The van der Waals surface area contributed by atoms with Crippen molar-refractivity contribution < 1.29 is 17.6 Å². The van der Waals surface area contributed by atoms with Crippen LogP contribution in [0.4, 0.5) is 4.39 Å². The van der Waals surface area contributed by atoms with E-state index in [9.17, 15) is 17.6 Å². The Kier molecular flexibility index (Phi) is 6.46. The Morgan fingerprint density at radius 1 is 1.14 bits per heavy atom. The fraction of sp³-hybridized carbons (Fsp3) is 0.381. The molecule has 150 valence electrons. The fourth-order valence-electron chi connectivity index (χ4n) is 3.46. The number of nitrogens with zero attached hydrogens (tertiary/aromatic N) is 1. The summed E-state index contributed by atoms with van der Waals surface area (Å²) in [7, 11) is -3.55. The summed E-state index contributed by atoms with van der Waals surface area (Å²) in [6.07, 6.45) is 3.16. The van der Waals surface area contributed by atoms with Gasteiger partial charge in [-0.1, -0.05) is 24.6 Å².